The van der Waals surface area contributed by atoms with Gasteiger partial charge in [0.25, 0.3) is 0 Å². The van der Waals surface area contributed by atoms with Gasteiger partial charge in [0.05, 0.1) is 5.25 Å². The highest BCUT2D eigenvalue weighted by molar-refractivity contribution is 8.01. The van der Waals surface area contributed by atoms with Gasteiger partial charge < -0.3 is 11.1 Å². The van der Waals surface area contributed by atoms with E-state index in [0.29, 0.717) is 0 Å². The van der Waals surface area contributed by atoms with Crippen molar-refractivity contribution in [2.24, 2.45) is 5.73 Å². The van der Waals surface area contributed by atoms with Crippen molar-refractivity contribution in [3.63, 3.8) is 0 Å². The summed E-state index contributed by atoms with van der Waals surface area (Å²) in [5.41, 5.74) is 6.96. The van der Waals surface area contributed by atoms with Crippen molar-refractivity contribution in [2.45, 2.75) is 35.1 Å². The highest BCUT2D eigenvalue weighted by Gasteiger charge is 2.37. The minimum absolute atomic E-state index is 0.0326. The Labute approximate surface area is 98.8 Å². The van der Waals surface area contributed by atoms with Gasteiger partial charge in [0.2, 0.25) is 5.91 Å². The number of carbonyl (C=O) groups is 1. The number of hydrogen-bond donors (Lipinski definition) is 2. The van der Waals surface area contributed by atoms with Crippen molar-refractivity contribution >= 4 is 17.7 Å². The Morgan fingerprint density at radius 1 is 1.44 bits per heavy atom. The highest BCUT2D eigenvalue weighted by Crippen LogP contribution is 2.37. The number of hydrogen-bond acceptors (Lipinski definition) is 3. The predicted octanol–water partition coefficient (Wildman–Crippen LogP) is 0.919. The molecule has 1 aromatic rings. The van der Waals surface area contributed by atoms with Gasteiger partial charge in [-0.15, -0.1) is 11.8 Å². The lowest BCUT2D eigenvalue weighted by molar-refractivity contribution is -0.120. The van der Waals surface area contributed by atoms with Gasteiger partial charge in [0.15, 0.2) is 0 Å². The number of fused-ring (bicyclic) bond motifs is 1. The SMILES string of the molecule is NC1CC1NC(=O)C1Cc2ccccc2S1. The maximum atomic E-state index is 11.9. The minimum Gasteiger partial charge on any atom is -0.351 e. The van der Waals surface area contributed by atoms with Crippen LogP contribution in [-0.2, 0) is 11.2 Å². The predicted molar refractivity (Wildman–Crippen MR) is 64.3 cm³/mol. The van der Waals surface area contributed by atoms with E-state index in [1.807, 2.05) is 12.1 Å². The Kier molecular flexibility index (Phi) is 2.41. The maximum Gasteiger partial charge on any atom is 0.234 e. The van der Waals surface area contributed by atoms with Crippen LogP contribution in [0, 0.1) is 0 Å². The van der Waals surface area contributed by atoms with E-state index in [-0.39, 0.29) is 23.2 Å². The third-order valence-electron chi connectivity index (χ3n) is 3.11. The Morgan fingerprint density at radius 2 is 2.19 bits per heavy atom. The summed E-state index contributed by atoms with van der Waals surface area (Å²) in [5.74, 6) is 0.138. The molecule has 84 valence electrons. The zero-order valence-corrected chi connectivity index (χ0v) is 9.67. The Balaban J connectivity index is 1.64. The Morgan fingerprint density at radius 3 is 2.88 bits per heavy atom. The smallest absolute Gasteiger partial charge is 0.234 e. The van der Waals surface area contributed by atoms with Gasteiger partial charge >= 0.3 is 0 Å². The van der Waals surface area contributed by atoms with Crippen LogP contribution in [0.3, 0.4) is 0 Å². The summed E-state index contributed by atoms with van der Waals surface area (Å²) in [5, 5.41) is 3.03. The van der Waals surface area contributed by atoms with Crippen molar-refractivity contribution < 1.29 is 4.79 Å². The number of benzene rings is 1. The molecule has 3 atom stereocenters. The van der Waals surface area contributed by atoms with Crippen molar-refractivity contribution in [3.8, 4) is 0 Å². The number of carbonyl (C=O) groups excluding carboxylic acids is 1. The fraction of sp³-hybridized carbons (Fsp3) is 0.417. The summed E-state index contributed by atoms with van der Waals surface area (Å²) in [6.07, 6.45) is 1.77. The van der Waals surface area contributed by atoms with Crippen molar-refractivity contribution in [1.29, 1.82) is 0 Å². The molecule has 4 heteroatoms. The second-order valence-corrected chi connectivity index (χ2v) is 5.68. The summed E-state index contributed by atoms with van der Waals surface area (Å²) in [6.45, 7) is 0. The lowest BCUT2D eigenvalue weighted by atomic mass is 10.1. The number of thioether (sulfide) groups is 1. The molecular formula is C12H14N2OS. The average Bonchev–Trinajstić information content (AvgIpc) is 2.82. The first kappa shape index (κ1) is 10.2. The quantitative estimate of drug-likeness (QED) is 0.800. The van der Waals surface area contributed by atoms with Crippen LogP contribution in [0.2, 0.25) is 0 Å². The molecule has 0 aromatic heterocycles. The molecule has 0 bridgehead atoms. The molecule has 3 N–H and O–H groups in total. The normalized spacial score (nSPS) is 30.9. The Hall–Kier alpha value is -1.00. The van der Waals surface area contributed by atoms with Crippen LogP contribution in [0.1, 0.15) is 12.0 Å². The van der Waals surface area contributed by atoms with E-state index in [0.717, 1.165) is 12.8 Å². The maximum absolute atomic E-state index is 11.9. The van der Waals surface area contributed by atoms with Gasteiger partial charge in [-0.25, -0.2) is 0 Å². The molecule has 1 saturated carbocycles. The summed E-state index contributed by atoms with van der Waals surface area (Å²) in [4.78, 5) is 13.2. The van der Waals surface area contributed by atoms with Crippen molar-refractivity contribution in [3.05, 3.63) is 29.8 Å². The van der Waals surface area contributed by atoms with Gasteiger partial charge in [-0.05, 0) is 24.5 Å². The van der Waals surface area contributed by atoms with Gasteiger partial charge in [-0.2, -0.15) is 0 Å². The summed E-state index contributed by atoms with van der Waals surface area (Å²) >= 11 is 1.66. The molecule has 1 amide bonds. The van der Waals surface area contributed by atoms with Crippen molar-refractivity contribution in [2.75, 3.05) is 0 Å². The third kappa shape index (κ3) is 1.83. The first-order chi connectivity index (χ1) is 7.74. The zero-order chi connectivity index (χ0) is 11.1. The molecular weight excluding hydrogens is 220 g/mol. The molecule has 0 saturated heterocycles. The van der Waals surface area contributed by atoms with E-state index >= 15 is 0 Å². The average molecular weight is 234 g/mol. The van der Waals surface area contributed by atoms with Crippen LogP contribution in [0.15, 0.2) is 29.2 Å². The van der Waals surface area contributed by atoms with E-state index < -0.39 is 0 Å². The topological polar surface area (TPSA) is 55.1 Å². The van der Waals surface area contributed by atoms with E-state index in [1.165, 1.54) is 10.5 Å². The third-order valence-corrected chi connectivity index (χ3v) is 4.42. The lowest BCUT2D eigenvalue weighted by Crippen LogP contribution is -2.36. The monoisotopic (exact) mass is 234 g/mol. The van der Waals surface area contributed by atoms with Gasteiger partial charge in [0, 0.05) is 17.0 Å². The largest absolute Gasteiger partial charge is 0.351 e. The van der Waals surface area contributed by atoms with E-state index in [2.05, 4.69) is 17.4 Å². The molecule has 2 aliphatic rings. The minimum atomic E-state index is 0.0326. The van der Waals surface area contributed by atoms with Crippen LogP contribution in [0.4, 0.5) is 0 Å². The molecule has 3 unspecified atom stereocenters. The number of nitrogens with two attached hydrogens (primary N) is 1. The molecule has 1 aliphatic heterocycles. The van der Waals surface area contributed by atoms with Crippen LogP contribution in [0.25, 0.3) is 0 Å². The van der Waals surface area contributed by atoms with Gasteiger partial charge in [0.1, 0.15) is 0 Å². The van der Waals surface area contributed by atoms with Crippen LogP contribution < -0.4 is 11.1 Å². The molecule has 3 nitrogen and oxygen atoms in total. The molecule has 1 fully saturated rings. The molecule has 0 radical (unpaired) electrons. The highest BCUT2D eigenvalue weighted by atomic mass is 32.2. The van der Waals surface area contributed by atoms with Gasteiger partial charge in [-0.1, -0.05) is 18.2 Å². The van der Waals surface area contributed by atoms with Crippen LogP contribution >= 0.6 is 11.8 Å². The number of amides is 1. The molecule has 3 rings (SSSR count). The summed E-state index contributed by atoms with van der Waals surface area (Å²) in [6, 6.07) is 8.61. The van der Waals surface area contributed by atoms with Crippen molar-refractivity contribution in [1.82, 2.24) is 5.32 Å². The second-order valence-electron chi connectivity index (χ2n) is 4.43. The van der Waals surface area contributed by atoms with Crippen LogP contribution in [0.5, 0.6) is 0 Å². The van der Waals surface area contributed by atoms with E-state index in [9.17, 15) is 4.79 Å². The first-order valence-corrected chi connectivity index (χ1v) is 6.42. The molecule has 1 aromatic carbocycles. The Bertz CT molecular complexity index is 410. The van der Waals surface area contributed by atoms with Crippen LogP contribution in [-0.4, -0.2) is 23.2 Å². The van der Waals surface area contributed by atoms with Gasteiger partial charge in [-0.3, -0.25) is 4.79 Å². The second kappa shape index (κ2) is 3.79. The fourth-order valence-corrected chi connectivity index (χ4v) is 3.19. The number of rotatable bonds is 2. The summed E-state index contributed by atoms with van der Waals surface area (Å²) < 4.78 is 0. The number of nitrogens with one attached hydrogen (secondary N) is 1. The molecule has 1 aliphatic carbocycles. The van der Waals surface area contributed by atoms with E-state index in [4.69, 9.17) is 5.73 Å². The lowest BCUT2D eigenvalue weighted by Gasteiger charge is -2.08. The summed E-state index contributed by atoms with van der Waals surface area (Å²) in [7, 11) is 0. The standard InChI is InChI=1S/C12H14N2OS/c13-8-6-9(8)14-12(15)11-5-7-3-1-2-4-10(7)16-11/h1-4,8-9,11H,5-6,13H2,(H,14,15). The molecule has 1 heterocycles. The molecule has 16 heavy (non-hydrogen) atoms. The zero-order valence-electron chi connectivity index (χ0n) is 8.85. The first-order valence-electron chi connectivity index (χ1n) is 5.54. The van der Waals surface area contributed by atoms with E-state index in [1.54, 1.807) is 11.8 Å². The molecule has 0 spiro atoms. The fourth-order valence-electron chi connectivity index (χ4n) is 1.98.